The van der Waals surface area contributed by atoms with E-state index in [0.717, 1.165) is 91.4 Å². The maximum Gasteiger partial charge on any atom is 0.207 e. The maximum absolute atomic E-state index is 12.3. The van der Waals surface area contributed by atoms with Gasteiger partial charge in [-0.25, -0.2) is 0 Å². The molecule has 0 radical (unpaired) electrons. The predicted octanol–water partition coefficient (Wildman–Crippen LogP) is 8.62. The first-order valence-corrected chi connectivity index (χ1v) is 19.7. The second-order valence-electron chi connectivity index (χ2n) is 13.8. The number of aliphatic hydroxyl groups is 1. The van der Waals surface area contributed by atoms with Gasteiger partial charge in [-0.2, -0.15) is 0 Å². The van der Waals surface area contributed by atoms with E-state index in [-0.39, 0.29) is 46.7 Å². The lowest BCUT2D eigenvalue weighted by atomic mass is 9.71. The Bertz CT molecular complexity index is 1650. The molecule has 4 aliphatic rings. The van der Waals surface area contributed by atoms with Crippen LogP contribution in [0, 0.1) is 5.92 Å². The van der Waals surface area contributed by atoms with E-state index < -0.39 is 12.2 Å². The standard InChI is InChI=1S/C38H46O8S2/c1-20-9-10-21-15-26-32(24-12-11-22(39)16-25(21)24)29(43-2)18-30-33(26)28(19-48-47-14-13-20)35(41)37(46-30)27-17-31(36(42)38(44-3)34(27)40)45-23-7-5-4-6-8-23/h11-12,16-18,20-21,23,28,35,37,39-42H,4-10,13-15,19H2,1-3H3/t20-,21-,28-,35+,37-/m0/s1. The number of ether oxygens (including phenoxy) is 4. The molecular formula is C38H46O8S2. The van der Waals surface area contributed by atoms with Gasteiger partial charge >= 0.3 is 0 Å². The zero-order valence-corrected chi connectivity index (χ0v) is 29.5. The molecule has 0 unspecified atom stereocenters. The number of phenols is 3. The Hall–Kier alpha value is -3.08. The molecule has 258 valence electrons. The molecule has 2 aliphatic heterocycles. The van der Waals surface area contributed by atoms with Gasteiger partial charge in [0.05, 0.1) is 20.3 Å². The number of aromatic hydroxyl groups is 3. The quantitative estimate of drug-likeness (QED) is 0.193. The van der Waals surface area contributed by atoms with E-state index in [4.69, 9.17) is 18.9 Å². The van der Waals surface area contributed by atoms with Crippen LogP contribution in [0.25, 0.3) is 11.1 Å². The summed E-state index contributed by atoms with van der Waals surface area (Å²) in [6, 6.07) is 9.15. The van der Waals surface area contributed by atoms with Crippen LogP contribution in [0.1, 0.15) is 98.5 Å². The molecule has 0 spiro atoms. The number of fused-ring (bicyclic) bond motifs is 4. The van der Waals surface area contributed by atoms with Gasteiger partial charge in [0.1, 0.15) is 23.4 Å². The molecule has 5 atom stereocenters. The molecule has 48 heavy (non-hydrogen) atoms. The number of phenolic OH excluding ortho intramolecular Hbond substituents is 3. The average molecular weight is 695 g/mol. The number of methoxy groups -OCH3 is 2. The Labute approximate surface area is 290 Å². The van der Waals surface area contributed by atoms with Crippen molar-refractivity contribution < 1.29 is 39.4 Å². The summed E-state index contributed by atoms with van der Waals surface area (Å²) >= 11 is 0. The van der Waals surface area contributed by atoms with Crippen molar-refractivity contribution in [3.63, 3.8) is 0 Å². The molecule has 4 N–H and O–H groups in total. The molecule has 3 aromatic rings. The lowest BCUT2D eigenvalue weighted by Gasteiger charge is -2.41. The van der Waals surface area contributed by atoms with E-state index in [1.54, 1.807) is 30.0 Å². The summed E-state index contributed by atoms with van der Waals surface area (Å²) in [6.45, 7) is 2.32. The van der Waals surface area contributed by atoms with Crippen molar-refractivity contribution in [1.29, 1.82) is 0 Å². The molecule has 7 rings (SSSR count). The van der Waals surface area contributed by atoms with Crippen LogP contribution >= 0.6 is 21.6 Å². The van der Waals surface area contributed by atoms with Gasteiger partial charge in [-0.1, -0.05) is 47.4 Å². The Kier molecular flexibility index (Phi) is 9.77. The monoisotopic (exact) mass is 694 g/mol. The van der Waals surface area contributed by atoms with E-state index in [2.05, 4.69) is 6.92 Å². The molecule has 2 bridgehead atoms. The van der Waals surface area contributed by atoms with Crippen LogP contribution in [0.3, 0.4) is 0 Å². The fraction of sp³-hybridized carbons (Fsp3) is 0.526. The zero-order valence-electron chi connectivity index (χ0n) is 27.9. The Morgan fingerprint density at radius 2 is 1.65 bits per heavy atom. The van der Waals surface area contributed by atoms with Crippen LogP contribution in [0.5, 0.6) is 40.2 Å². The van der Waals surface area contributed by atoms with Gasteiger partial charge in [0.15, 0.2) is 17.6 Å². The molecule has 1 fully saturated rings. The summed E-state index contributed by atoms with van der Waals surface area (Å²) in [4.78, 5) is 0. The van der Waals surface area contributed by atoms with E-state index in [9.17, 15) is 20.4 Å². The van der Waals surface area contributed by atoms with Gasteiger partial charge in [-0.3, -0.25) is 0 Å². The van der Waals surface area contributed by atoms with Crippen LogP contribution in [0.2, 0.25) is 0 Å². The molecule has 8 nitrogen and oxygen atoms in total. The predicted molar refractivity (Wildman–Crippen MR) is 190 cm³/mol. The van der Waals surface area contributed by atoms with E-state index in [1.807, 2.05) is 29.0 Å². The van der Waals surface area contributed by atoms with Gasteiger partial charge < -0.3 is 39.4 Å². The molecule has 0 aromatic heterocycles. The minimum atomic E-state index is -1.02. The Morgan fingerprint density at radius 1 is 0.833 bits per heavy atom. The molecule has 1 saturated carbocycles. The van der Waals surface area contributed by atoms with Gasteiger partial charge in [-0.05, 0) is 91.7 Å². The second kappa shape index (κ2) is 14.0. The van der Waals surface area contributed by atoms with Crippen molar-refractivity contribution >= 4 is 21.6 Å². The number of hydrogen-bond donors (Lipinski definition) is 4. The molecular weight excluding hydrogens is 649 g/mol. The van der Waals surface area contributed by atoms with Crippen LogP contribution < -0.4 is 18.9 Å². The van der Waals surface area contributed by atoms with Crippen LogP contribution in [0.4, 0.5) is 0 Å². The Morgan fingerprint density at radius 3 is 2.42 bits per heavy atom. The molecule has 3 aromatic carbocycles. The topological polar surface area (TPSA) is 118 Å². The molecule has 2 heterocycles. The summed E-state index contributed by atoms with van der Waals surface area (Å²) in [7, 11) is 6.65. The number of rotatable bonds is 5. The van der Waals surface area contributed by atoms with Crippen molar-refractivity contribution in [3.8, 4) is 51.4 Å². The summed E-state index contributed by atoms with van der Waals surface area (Å²) in [5.74, 6) is 3.21. The summed E-state index contributed by atoms with van der Waals surface area (Å²) in [6.07, 6.45) is 6.95. The number of hydrogen-bond acceptors (Lipinski definition) is 10. The lowest BCUT2D eigenvalue weighted by Crippen LogP contribution is -2.37. The molecule has 2 aliphatic carbocycles. The third-order valence-corrected chi connectivity index (χ3v) is 13.2. The average Bonchev–Trinajstić information content (AvgIpc) is 3.10. The minimum Gasteiger partial charge on any atom is -0.508 e. The fourth-order valence-corrected chi connectivity index (χ4v) is 10.8. The van der Waals surface area contributed by atoms with Crippen molar-refractivity contribution in [1.82, 2.24) is 0 Å². The largest absolute Gasteiger partial charge is 0.508 e. The minimum absolute atomic E-state index is 0.0512. The third kappa shape index (κ3) is 6.13. The first kappa shape index (κ1) is 33.4. The van der Waals surface area contributed by atoms with Crippen molar-refractivity contribution in [2.24, 2.45) is 5.92 Å². The van der Waals surface area contributed by atoms with Crippen LogP contribution in [-0.4, -0.2) is 58.4 Å². The highest BCUT2D eigenvalue weighted by Gasteiger charge is 2.44. The molecule has 10 heteroatoms. The van der Waals surface area contributed by atoms with E-state index >= 15 is 0 Å². The maximum atomic E-state index is 12.3. The summed E-state index contributed by atoms with van der Waals surface area (Å²) in [5, 5.41) is 45.4. The van der Waals surface area contributed by atoms with E-state index in [1.165, 1.54) is 7.11 Å². The highest BCUT2D eigenvalue weighted by molar-refractivity contribution is 8.76. The normalized spacial score (nSPS) is 25.8. The van der Waals surface area contributed by atoms with Crippen LogP contribution in [-0.2, 0) is 6.42 Å². The highest BCUT2D eigenvalue weighted by Crippen LogP contribution is 2.58. The third-order valence-electron chi connectivity index (χ3n) is 10.8. The summed E-state index contributed by atoms with van der Waals surface area (Å²) < 4.78 is 24.6. The Balaban J connectivity index is 1.37. The molecule has 0 saturated heterocycles. The SMILES string of the molecule is COc1cc2c3c4c1-c1ccc(O)cc1[C@@H](CC[C@H](C)CCSSC[C@@H]3[C@@H](O)[C@H](c1cc(OC3CCCCC3)c(O)c(OC)c1O)O2)C4. The smallest absolute Gasteiger partial charge is 0.207 e. The van der Waals surface area contributed by atoms with Crippen LogP contribution in [0.15, 0.2) is 30.3 Å². The number of aliphatic hydroxyl groups excluding tert-OH is 1. The number of benzene rings is 3. The fourth-order valence-electron chi connectivity index (χ4n) is 8.18. The second-order valence-corrected chi connectivity index (χ2v) is 16.4. The highest BCUT2D eigenvalue weighted by atomic mass is 33.1. The van der Waals surface area contributed by atoms with Gasteiger partial charge in [0.25, 0.3) is 0 Å². The zero-order chi connectivity index (χ0) is 33.5. The first-order valence-electron chi connectivity index (χ1n) is 17.2. The van der Waals surface area contributed by atoms with Gasteiger partial charge in [-0.15, -0.1) is 0 Å². The van der Waals surface area contributed by atoms with Crippen molar-refractivity contribution in [2.45, 2.75) is 94.9 Å². The van der Waals surface area contributed by atoms with Gasteiger partial charge in [0.2, 0.25) is 11.5 Å². The molecule has 0 amide bonds. The lowest BCUT2D eigenvalue weighted by molar-refractivity contribution is 0.00287. The van der Waals surface area contributed by atoms with Crippen molar-refractivity contribution in [3.05, 3.63) is 52.6 Å². The van der Waals surface area contributed by atoms with E-state index in [0.29, 0.717) is 28.7 Å². The first-order chi connectivity index (χ1) is 23.3. The van der Waals surface area contributed by atoms with Crippen molar-refractivity contribution in [2.75, 3.05) is 25.7 Å². The van der Waals surface area contributed by atoms with Gasteiger partial charge in [0, 0.05) is 40.2 Å². The summed E-state index contributed by atoms with van der Waals surface area (Å²) in [5.41, 5.74) is 5.55.